The number of non-ortho nitro benzene ring substituents is 1. The predicted octanol–water partition coefficient (Wildman–Crippen LogP) is 4.47. The second-order valence-electron chi connectivity index (χ2n) is 6.51. The minimum absolute atomic E-state index is 0.0178. The molecule has 0 N–H and O–H groups in total. The van der Waals surface area contributed by atoms with Crippen LogP contribution in [-0.2, 0) is 0 Å². The highest BCUT2D eigenvalue weighted by Gasteiger charge is 2.12. The first-order valence-electron chi connectivity index (χ1n) is 9.15. The number of hydrogen-bond acceptors (Lipinski definition) is 5. The van der Waals surface area contributed by atoms with Crippen LogP contribution in [0.25, 0.3) is 28.7 Å². The zero-order valence-corrected chi connectivity index (χ0v) is 16.1. The molecular weight excluding hydrogens is 382 g/mol. The Morgan fingerprint density at radius 3 is 2.50 bits per heavy atom. The summed E-state index contributed by atoms with van der Waals surface area (Å²) in [4.78, 5) is 28.3. The van der Waals surface area contributed by atoms with Crippen LogP contribution in [0.4, 0.5) is 5.69 Å². The second-order valence-corrected chi connectivity index (χ2v) is 6.51. The number of hydrogen-bond donors (Lipinski definition) is 0. The molecule has 0 atom stereocenters. The molecule has 0 amide bonds. The molecule has 1 aromatic heterocycles. The fourth-order valence-corrected chi connectivity index (χ4v) is 3.14. The zero-order chi connectivity index (χ0) is 21.1. The molecule has 0 fully saturated rings. The van der Waals surface area contributed by atoms with Crippen molar-refractivity contribution >= 4 is 28.7 Å². The molecule has 0 bridgehead atoms. The summed E-state index contributed by atoms with van der Waals surface area (Å²) < 4.78 is 6.82. The van der Waals surface area contributed by atoms with Gasteiger partial charge in [0.2, 0.25) is 0 Å². The van der Waals surface area contributed by atoms with Crippen LogP contribution in [0.3, 0.4) is 0 Å². The molecule has 148 valence electrons. The Kier molecular flexibility index (Phi) is 5.09. The van der Waals surface area contributed by atoms with E-state index in [0.717, 1.165) is 5.56 Å². The maximum absolute atomic E-state index is 13.3. The molecule has 7 nitrogen and oxygen atoms in total. The van der Waals surface area contributed by atoms with Crippen molar-refractivity contribution in [2.75, 3.05) is 7.11 Å². The monoisotopic (exact) mass is 399 g/mol. The molecule has 0 unspecified atom stereocenters. The summed E-state index contributed by atoms with van der Waals surface area (Å²) >= 11 is 0. The molecule has 0 aliphatic rings. The van der Waals surface area contributed by atoms with Gasteiger partial charge in [-0.2, -0.15) is 0 Å². The number of para-hydroxylation sites is 1. The molecule has 4 aromatic rings. The van der Waals surface area contributed by atoms with E-state index in [1.54, 1.807) is 67.8 Å². The van der Waals surface area contributed by atoms with Crippen LogP contribution in [0.2, 0.25) is 0 Å². The number of nitrogens with zero attached hydrogens (tertiary/aromatic N) is 3. The number of aromatic nitrogens is 2. The van der Waals surface area contributed by atoms with Gasteiger partial charge in [0.15, 0.2) is 0 Å². The SMILES string of the molecule is COc1cccc(-n2c(C=Cc3ccc([N+](=O)[O-])cc3)nc3ccccc3c2=O)c1. The van der Waals surface area contributed by atoms with Gasteiger partial charge in [-0.25, -0.2) is 4.98 Å². The first kappa shape index (κ1) is 19.1. The average Bonchev–Trinajstić information content (AvgIpc) is 2.78. The van der Waals surface area contributed by atoms with Crippen LogP contribution in [0.5, 0.6) is 5.75 Å². The van der Waals surface area contributed by atoms with Gasteiger partial charge in [-0.1, -0.05) is 24.3 Å². The Bertz CT molecular complexity index is 1320. The average molecular weight is 399 g/mol. The quantitative estimate of drug-likeness (QED) is 0.365. The predicted molar refractivity (Wildman–Crippen MR) is 116 cm³/mol. The summed E-state index contributed by atoms with van der Waals surface area (Å²) in [5.74, 6) is 1.06. The van der Waals surface area contributed by atoms with E-state index in [0.29, 0.717) is 28.2 Å². The lowest BCUT2D eigenvalue weighted by atomic mass is 10.2. The highest BCUT2D eigenvalue weighted by Crippen LogP contribution is 2.20. The summed E-state index contributed by atoms with van der Waals surface area (Å²) in [6.07, 6.45) is 3.48. The molecule has 7 heteroatoms. The fraction of sp³-hybridized carbons (Fsp3) is 0.0435. The van der Waals surface area contributed by atoms with Gasteiger partial charge in [0, 0.05) is 18.2 Å². The zero-order valence-electron chi connectivity index (χ0n) is 16.1. The van der Waals surface area contributed by atoms with Crippen LogP contribution in [0.1, 0.15) is 11.4 Å². The van der Waals surface area contributed by atoms with E-state index in [2.05, 4.69) is 4.98 Å². The summed E-state index contributed by atoms with van der Waals surface area (Å²) in [5.41, 5.74) is 1.78. The molecule has 0 spiro atoms. The van der Waals surface area contributed by atoms with Crippen LogP contribution >= 0.6 is 0 Å². The third-order valence-corrected chi connectivity index (χ3v) is 4.64. The molecule has 0 saturated heterocycles. The second kappa shape index (κ2) is 8.00. The van der Waals surface area contributed by atoms with Gasteiger partial charge in [-0.05, 0) is 48.0 Å². The standard InChI is InChI=1S/C23H17N3O4/c1-30-19-6-4-5-18(15-19)25-22(24-21-8-3-2-7-20(21)23(25)27)14-11-16-9-12-17(13-10-16)26(28)29/h2-15H,1H3. The molecule has 0 radical (unpaired) electrons. The maximum Gasteiger partial charge on any atom is 0.269 e. The molecular formula is C23H17N3O4. The largest absolute Gasteiger partial charge is 0.497 e. The summed E-state index contributed by atoms with van der Waals surface area (Å²) in [6.45, 7) is 0. The van der Waals surface area contributed by atoms with Crippen molar-refractivity contribution in [1.29, 1.82) is 0 Å². The van der Waals surface area contributed by atoms with E-state index in [-0.39, 0.29) is 11.2 Å². The van der Waals surface area contributed by atoms with Gasteiger partial charge in [-0.3, -0.25) is 19.5 Å². The van der Waals surface area contributed by atoms with Crippen molar-refractivity contribution in [3.63, 3.8) is 0 Å². The summed E-state index contributed by atoms with van der Waals surface area (Å²) in [5, 5.41) is 11.3. The Morgan fingerprint density at radius 1 is 1.00 bits per heavy atom. The van der Waals surface area contributed by atoms with Gasteiger partial charge in [0.05, 0.1) is 28.6 Å². The van der Waals surface area contributed by atoms with Crippen LogP contribution in [-0.4, -0.2) is 21.6 Å². The molecule has 0 aliphatic heterocycles. The van der Waals surface area contributed by atoms with Gasteiger partial charge >= 0.3 is 0 Å². The topological polar surface area (TPSA) is 87.3 Å². The number of benzene rings is 3. The van der Waals surface area contributed by atoms with Gasteiger partial charge < -0.3 is 4.74 Å². The Labute approximate surface area is 171 Å². The highest BCUT2D eigenvalue weighted by molar-refractivity contribution is 5.80. The highest BCUT2D eigenvalue weighted by atomic mass is 16.6. The van der Waals surface area contributed by atoms with E-state index in [9.17, 15) is 14.9 Å². The van der Waals surface area contributed by atoms with Gasteiger partial charge in [0.1, 0.15) is 11.6 Å². The molecule has 3 aromatic carbocycles. The third-order valence-electron chi connectivity index (χ3n) is 4.64. The first-order chi connectivity index (χ1) is 14.6. The van der Waals surface area contributed by atoms with Crippen LogP contribution in [0, 0.1) is 10.1 Å². The van der Waals surface area contributed by atoms with E-state index >= 15 is 0 Å². The Balaban J connectivity index is 1.87. The Hall–Kier alpha value is -4.26. The number of nitro benzene ring substituents is 1. The van der Waals surface area contributed by atoms with E-state index in [1.807, 2.05) is 12.1 Å². The number of rotatable bonds is 5. The summed E-state index contributed by atoms with van der Waals surface area (Å²) in [6, 6.07) is 20.5. The number of ether oxygens (including phenoxy) is 1. The Morgan fingerprint density at radius 2 is 1.77 bits per heavy atom. The van der Waals surface area contributed by atoms with Crippen molar-refractivity contribution < 1.29 is 9.66 Å². The smallest absolute Gasteiger partial charge is 0.269 e. The minimum atomic E-state index is -0.446. The van der Waals surface area contributed by atoms with E-state index < -0.39 is 4.92 Å². The molecule has 1 heterocycles. The van der Waals surface area contributed by atoms with Crippen molar-refractivity contribution in [3.05, 3.63) is 105 Å². The first-order valence-corrected chi connectivity index (χ1v) is 9.15. The molecule has 0 aliphatic carbocycles. The van der Waals surface area contributed by atoms with Crippen molar-refractivity contribution in [1.82, 2.24) is 9.55 Å². The van der Waals surface area contributed by atoms with Crippen molar-refractivity contribution in [3.8, 4) is 11.4 Å². The van der Waals surface area contributed by atoms with E-state index in [4.69, 9.17) is 4.74 Å². The summed E-state index contributed by atoms with van der Waals surface area (Å²) in [7, 11) is 1.57. The lowest BCUT2D eigenvalue weighted by Gasteiger charge is -2.12. The molecule has 4 rings (SSSR count). The van der Waals surface area contributed by atoms with Crippen LogP contribution in [0.15, 0.2) is 77.6 Å². The molecule has 0 saturated carbocycles. The maximum atomic E-state index is 13.3. The normalized spacial score (nSPS) is 11.1. The lowest BCUT2D eigenvalue weighted by Crippen LogP contribution is -2.22. The lowest BCUT2D eigenvalue weighted by molar-refractivity contribution is -0.384. The van der Waals surface area contributed by atoms with Crippen LogP contribution < -0.4 is 10.3 Å². The molecule has 30 heavy (non-hydrogen) atoms. The van der Waals surface area contributed by atoms with Crippen molar-refractivity contribution in [2.24, 2.45) is 0 Å². The van der Waals surface area contributed by atoms with Gasteiger partial charge in [0.25, 0.3) is 11.2 Å². The van der Waals surface area contributed by atoms with E-state index in [1.165, 1.54) is 16.7 Å². The number of fused-ring (bicyclic) bond motifs is 1. The van der Waals surface area contributed by atoms with Crippen molar-refractivity contribution in [2.45, 2.75) is 0 Å². The van der Waals surface area contributed by atoms with Gasteiger partial charge in [-0.15, -0.1) is 0 Å². The minimum Gasteiger partial charge on any atom is -0.497 e. The third kappa shape index (κ3) is 3.68. The fourth-order valence-electron chi connectivity index (χ4n) is 3.14. The number of nitro groups is 1. The number of methoxy groups -OCH3 is 1.